The second-order valence-corrected chi connectivity index (χ2v) is 5.44. The molecule has 22 heavy (non-hydrogen) atoms. The molecule has 0 fully saturated rings. The summed E-state index contributed by atoms with van der Waals surface area (Å²) in [7, 11) is 0. The minimum Gasteiger partial charge on any atom is -0.395 e. The Bertz CT molecular complexity index is 571. The van der Waals surface area contributed by atoms with E-state index in [2.05, 4.69) is 16.9 Å². The Labute approximate surface area is 131 Å². The minimum absolute atomic E-state index is 0.150. The molecule has 2 rings (SSSR count). The first kappa shape index (κ1) is 16.6. The van der Waals surface area contributed by atoms with Crippen molar-refractivity contribution in [2.75, 3.05) is 19.7 Å². The van der Waals surface area contributed by atoms with Crippen LogP contribution >= 0.6 is 0 Å². The van der Waals surface area contributed by atoms with Gasteiger partial charge in [0.05, 0.1) is 18.0 Å². The van der Waals surface area contributed by atoms with Gasteiger partial charge in [0.1, 0.15) is 5.82 Å². The van der Waals surface area contributed by atoms with Crippen LogP contribution in [-0.2, 0) is 6.54 Å². The average molecular weight is 305 g/mol. The molecule has 0 atom stereocenters. The monoisotopic (exact) mass is 305 g/mol. The molecule has 0 aliphatic rings. The molecule has 1 aromatic carbocycles. The van der Waals surface area contributed by atoms with Crippen molar-refractivity contribution in [3.63, 3.8) is 0 Å². The van der Waals surface area contributed by atoms with Crippen molar-refractivity contribution in [1.29, 1.82) is 0 Å². The van der Waals surface area contributed by atoms with Crippen LogP contribution < -0.4 is 0 Å². The van der Waals surface area contributed by atoms with Crippen LogP contribution in [0.25, 0.3) is 5.69 Å². The van der Waals surface area contributed by atoms with Gasteiger partial charge >= 0.3 is 0 Å². The summed E-state index contributed by atoms with van der Waals surface area (Å²) < 4.78 is 14.9. The van der Waals surface area contributed by atoms with Gasteiger partial charge in [-0.3, -0.25) is 4.90 Å². The Hall–Kier alpha value is -1.72. The average Bonchev–Trinajstić information content (AvgIpc) is 2.96. The van der Waals surface area contributed by atoms with Crippen LogP contribution in [0.1, 0.15) is 31.9 Å². The quantitative estimate of drug-likeness (QED) is 0.724. The van der Waals surface area contributed by atoms with Gasteiger partial charge in [-0.05, 0) is 37.2 Å². The fourth-order valence-corrected chi connectivity index (χ4v) is 2.43. The first-order chi connectivity index (χ1) is 10.7. The third-order valence-electron chi connectivity index (χ3n) is 3.60. The molecular formula is C17H24FN3O. The molecule has 0 amide bonds. The maximum absolute atomic E-state index is 13.3. The molecular weight excluding hydrogens is 281 g/mol. The summed E-state index contributed by atoms with van der Waals surface area (Å²) in [5, 5.41) is 13.7. The molecule has 0 aliphatic heterocycles. The van der Waals surface area contributed by atoms with Crippen LogP contribution in [0.3, 0.4) is 0 Å². The summed E-state index contributed by atoms with van der Waals surface area (Å²) >= 11 is 0. The highest BCUT2D eigenvalue weighted by atomic mass is 19.1. The Morgan fingerprint density at radius 3 is 2.82 bits per heavy atom. The number of rotatable bonds is 9. The van der Waals surface area contributed by atoms with E-state index in [1.165, 1.54) is 25.0 Å². The fraction of sp³-hybridized carbons (Fsp3) is 0.471. The molecule has 0 radical (unpaired) electrons. The molecule has 1 heterocycles. The zero-order valence-electron chi connectivity index (χ0n) is 13.1. The number of aromatic nitrogens is 2. The van der Waals surface area contributed by atoms with Crippen molar-refractivity contribution in [1.82, 2.24) is 14.7 Å². The van der Waals surface area contributed by atoms with Crippen molar-refractivity contribution >= 4 is 0 Å². The van der Waals surface area contributed by atoms with E-state index in [0.29, 0.717) is 18.8 Å². The molecule has 0 saturated heterocycles. The maximum atomic E-state index is 13.3. The number of nitrogens with zero attached hydrogens (tertiary/aromatic N) is 3. The minimum atomic E-state index is -0.268. The van der Waals surface area contributed by atoms with Gasteiger partial charge in [-0.25, -0.2) is 9.07 Å². The molecule has 2 aromatic rings. The predicted octanol–water partition coefficient (Wildman–Crippen LogP) is 3.00. The fourth-order valence-electron chi connectivity index (χ4n) is 2.43. The number of hydrogen-bond donors (Lipinski definition) is 1. The number of aliphatic hydroxyl groups excluding tert-OH is 1. The number of benzene rings is 1. The van der Waals surface area contributed by atoms with E-state index in [-0.39, 0.29) is 12.4 Å². The van der Waals surface area contributed by atoms with Gasteiger partial charge in [-0.2, -0.15) is 5.10 Å². The van der Waals surface area contributed by atoms with Gasteiger partial charge in [0.25, 0.3) is 0 Å². The second kappa shape index (κ2) is 8.66. The molecule has 0 bridgehead atoms. The lowest BCUT2D eigenvalue weighted by Gasteiger charge is -2.19. The third kappa shape index (κ3) is 4.93. The van der Waals surface area contributed by atoms with Crippen molar-refractivity contribution in [2.24, 2.45) is 0 Å². The topological polar surface area (TPSA) is 41.3 Å². The van der Waals surface area contributed by atoms with Gasteiger partial charge in [0.15, 0.2) is 0 Å². The molecule has 0 spiro atoms. The van der Waals surface area contributed by atoms with Crippen LogP contribution in [-0.4, -0.2) is 39.5 Å². The molecule has 0 unspecified atom stereocenters. The molecule has 120 valence electrons. The lowest BCUT2D eigenvalue weighted by molar-refractivity contribution is 0.186. The predicted molar refractivity (Wildman–Crippen MR) is 85.4 cm³/mol. The van der Waals surface area contributed by atoms with Gasteiger partial charge in [0, 0.05) is 19.3 Å². The van der Waals surface area contributed by atoms with E-state index in [1.54, 1.807) is 10.7 Å². The standard InChI is InChI=1S/C17H24FN3O/c1-2-3-4-9-20(11-12-22)14-16-8-10-21(19-16)17-7-5-6-15(18)13-17/h5-8,10,13,22H,2-4,9,11-12,14H2,1H3. The second-order valence-electron chi connectivity index (χ2n) is 5.44. The highest BCUT2D eigenvalue weighted by Crippen LogP contribution is 2.11. The van der Waals surface area contributed by atoms with E-state index < -0.39 is 0 Å². The van der Waals surface area contributed by atoms with Crippen LogP contribution in [0.2, 0.25) is 0 Å². The van der Waals surface area contributed by atoms with Gasteiger partial charge in [0.2, 0.25) is 0 Å². The zero-order chi connectivity index (χ0) is 15.8. The van der Waals surface area contributed by atoms with E-state index >= 15 is 0 Å². The van der Waals surface area contributed by atoms with Crippen molar-refractivity contribution in [3.05, 3.63) is 48.0 Å². The summed E-state index contributed by atoms with van der Waals surface area (Å²) in [5.74, 6) is -0.268. The Balaban J connectivity index is 2.00. The Kier molecular flexibility index (Phi) is 6.55. The van der Waals surface area contributed by atoms with Crippen molar-refractivity contribution < 1.29 is 9.50 Å². The molecule has 1 aromatic heterocycles. The Morgan fingerprint density at radius 2 is 2.09 bits per heavy atom. The maximum Gasteiger partial charge on any atom is 0.125 e. The van der Waals surface area contributed by atoms with E-state index in [1.807, 2.05) is 18.3 Å². The van der Waals surface area contributed by atoms with Crippen LogP contribution in [0.4, 0.5) is 4.39 Å². The zero-order valence-corrected chi connectivity index (χ0v) is 13.1. The lowest BCUT2D eigenvalue weighted by atomic mass is 10.2. The van der Waals surface area contributed by atoms with E-state index in [9.17, 15) is 9.50 Å². The summed E-state index contributed by atoms with van der Waals surface area (Å²) in [6.07, 6.45) is 5.34. The number of aliphatic hydroxyl groups is 1. The smallest absolute Gasteiger partial charge is 0.125 e. The summed E-state index contributed by atoms with van der Waals surface area (Å²) in [5.41, 5.74) is 1.64. The number of unbranched alkanes of at least 4 members (excludes halogenated alkanes) is 2. The highest BCUT2D eigenvalue weighted by molar-refractivity contribution is 5.31. The summed E-state index contributed by atoms with van der Waals surface area (Å²) in [6, 6.07) is 8.32. The van der Waals surface area contributed by atoms with Gasteiger partial charge in [-0.15, -0.1) is 0 Å². The van der Waals surface area contributed by atoms with Gasteiger partial charge in [-0.1, -0.05) is 25.8 Å². The first-order valence-corrected chi connectivity index (χ1v) is 7.86. The highest BCUT2D eigenvalue weighted by Gasteiger charge is 2.08. The molecule has 1 N–H and O–H groups in total. The Morgan fingerprint density at radius 1 is 1.23 bits per heavy atom. The summed E-state index contributed by atoms with van der Waals surface area (Å²) in [6.45, 7) is 4.64. The SMILES string of the molecule is CCCCCN(CCO)Cc1ccn(-c2cccc(F)c2)n1. The number of halogens is 1. The van der Waals surface area contributed by atoms with E-state index in [0.717, 1.165) is 18.7 Å². The summed E-state index contributed by atoms with van der Waals surface area (Å²) in [4.78, 5) is 2.20. The largest absolute Gasteiger partial charge is 0.395 e. The van der Waals surface area contributed by atoms with Crippen molar-refractivity contribution in [2.45, 2.75) is 32.7 Å². The van der Waals surface area contributed by atoms with Crippen LogP contribution in [0.15, 0.2) is 36.5 Å². The third-order valence-corrected chi connectivity index (χ3v) is 3.60. The van der Waals surface area contributed by atoms with Crippen molar-refractivity contribution in [3.8, 4) is 5.69 Å². The molecule has 0 aliphatic carbocycles. The molecule has 5 heteroatoms. The van der Waals surface area contributed by atoms with Crippen LogP contribution in [0.5, 0.6) is 0 Å². The molecule has 0 saturated carbocycles. The first-order valence-electron chi connectivity index (χ1n) is 7.86. The number of hydrogen-bond acceptors (Lipinski definition) is 3. The lowest BCUT2D eigenvalue weighted by Crippen LogP contribution is -2.27. The normalized spacial score (nSPS) is 11.3. The van der Waals surface area contributed by atoms with Crippen LogP contribution in [0, 0.1) is 5.82 Å². The van der Waals surface area contributed by atoms with Gasteiger partial charge < -0.3 is 5.11 Å². The van der Waals surface area contributed by atoms with E-state index in [4.69, 9.17) is 0 Å². The molecule has 4 nitrogen and oxygen atoms in total.